The lowest BCUT2D eigenvalue weighted by Crippen LogP contribution is -2.05. The van der Waals surface area contributed by atoms with Crippen molar-refractivity contribution in [3.05, 3.63) is 77.2 Å². The van der Waals surface area contributed by atoms with E-state index in [-0.39, 0.29) is 5.43 Å². The second kappa shape index (κ2) is 4.76. The van der Waals surface area contributed by atoms with Gasteiger partial charge in [-0.2, -0.15) is 0 Å². The van der Waals surface area contributed by atoms with Crippen molar-refractivity contribution in [1.29, 1.82) is 0 Å². The number of rotatable bonds is 1. The first kappa shape index (κ1) is 13.0. The number of pyridine rings is 2. The van der Waals surface area contributed by atoms with Crippen molar-refractivity contribution >= 4 is 33.1 Å². The molecule has 0 aliphatic rings. The molecule has 3 aromatic heterocycles. The molecule has 0 aliphatic carbocycles. The number of imidazole rings is 1. The molecule has 1 N–H and O–H groups in total. The average Bonchev–Trinajstić information content (AvgIpc) is 3.04. The highest BCUT2D eigenvalue weighted by molar-refractivity contribution is 5.95. The quantitative estimate of drug-likeness (QED) is 0.482. The highest BCUT2D eigenvalue weighted by Crippen LogP contribution is 2.20. The number of H-pyrrole nitrogens is 1. The van der Waals surface area contributed by atoms with Gasteiger partial charge in [0.05, 0.1) is 10.9 Å². The van der Waals surface area contributed by atoms with Gasteiger partial charge in [0.1, 0.15) is 17.5 Å². The molecule has 2 aromatic carbocycles. The SMILES string of the molecule is O=c1c2ccccc2[nH]c2nc3c(cc12)ncn3-c1ccccc1. The molecular weight excluding hydrogens is 300 g/mol. The van der Waals surface area contributed by atoms with Gasteiger partial charge in [0, 0.05) is 11.1 Å². The number of para-hydroxylation sites is 2. The maximum atomic E-state index is 12.7. The van der Waals surface area contributed by atoms with Crippen LogP contribution in [0.2, 0.25) is 0 Å². The summed E-state index contributed by atoms with van der Waals surface area (Å²) in [5.41, 5.74) is 3.74. The highest BCUT2D eigenvalue weighted by Gasteiger charge is 2.11. The fourth-order valence-corrected chi connectivity index (χ4v) is 3.05. The van der Waals surface area contributed by atoms with E-state index < -0.39 is 0 Å². The van der Waals surface area contributed by atoms with E-state index in [0.717, 1.165) is 16.9 Å². The lowest BCUT2D eigenvalue weighted by atomic mass is 10.1. The molecule has 0 spiro atoms. The second-order valence-corrected chi connectivity index (χ2v) is 5.68. The normalized spacial score (nSPS) is 11.5. The van der Waals surface area contributed by atoms with Crippen LogP contribution in [0.4, 0.5) is 0 Å². The molecule has 5 rings (SSSR count). The molecule has 0 atom stereocenters. The topological polar surface area (TPSA) is 63.6 Å². The minimum atomic E-state index is -0.0250. The summed E-state index contributed by atoms with van der Waals surface area (Å²) in [6.07, 6.45) is 1.73. The molecule has 0 bridgehead atoms. The van der Waals surface area contributed by atoms with Crippen LogP contribution in [-0.4, -0.2) is 19.5 Å². The van der Waals surface area contributed by atoms with Gasteiger partial charge in [-0.05, 0) is 30.3 Å². The number of aromatic nitrogens is 4. The van der Waals surface area contributed by atoms with E-state index >= 15 is 0 Å². The zero-order chi connectivity index (χ0) is 16.1. The number of fused-ring (bicyclic) bond motifs is 3. The van der Waals surface area contributed by atoms with Crippen molar-refractivity contribution in [3.8, 4) is 5.69 Å². The Hall–Kier alpha value is -3.47. The Labute approximate surface area is 136 Å². The van der Waals surface area contributed by atoms with E-state index in [1.54, 1.807) is 6.33 Å². The van der Waals surface area contributed by atoms with E-state index in [0.29, 0.717) is 21.9 Å². The number of hydrogen-bond donors (Lipinski definition) is 1. The van der Waals surface area contributed by atoms with Gasteiger partial charge in [0.25, 0.3) is 0 Å². The summed E-state index contributed by atoms with van der Waals surface area (Å²) in [5, 5.41) is 1.22. The van der Waals surface area contributed by atoms with Gasteiger partial charge in [0.2, 0.25) is 0 Å². The molecular formula is C19H12N4O. The molecule has 5 heteroatoms. The van der Waals surface area contributed by atoms with Crippen LogP contribution in [0.3, 0.4) is 0 Å². The number of aromatic amines is 1. The fourth-order valence-electron chi connectivity index (χ4n) is 3.05. The molecule has 0 unspecified atom stereocenters. The van der Waals surface area contributed by atoms with Crippen LogP contribution >= 0.6 is 0 Å². The Kier molecular flexibility index (Phi) is 2.58. The van der Waals surface area contributed by atoms with Gasteiger partial charge in [-0.25, -0.2) is 9.97 Å². The van der Waals surface area contributed by atoms with Crippen molar-refractivity contribution in [3.63, 3.8) is 0 Å². The predicted octanol–water partition coefficient (Wildman–Crippen LogP) is 3.42. The zero-order valence-electron chi connectivity index (χ0n) is 12.6. The van der Waals surface area contributed by atoms with Crippen LogP contribution in [0.5, 0.6) is 0 Å². The van der Waals surface area contributed by atoms with Crippen LogP contribution in [0.15, 0.2) is 71.8 Å². The third-order valence-electron chi connectivity index (χ3n) is 4.23. The summed E-state index contributed by atoms with van der Waals surface area (Å²) >= 11 is 0. The smallest absolute Gasteiger partial charge is 0.198 e. The summed E-state index contributed by atoms with van der Waals surface area (Å²) in [6, 6.07) is 19.2. The summed E-state index contributed by atoms with van der Waals surface area (Å²) < 4.78 is 1.92. The van der Waals surface area contributed by atoms with E-state index in [1.807, 2.05) is 65.2 Å². The molecule has 24 heavy (non-hydrogen) atoms. The monoisotopic (exact) mass is 312 g/mol. The number of nitrogens with zero attached hydrogens (tertiary/aromatic N) is 3. The molecule has 5 aromatic rings. The van der Waals surface area contributed by atoms with Gasteiger partial charge in [-0.15, -0.1) is 0 Å². The van der Waals surface area contributed by atoms with E-state index in [2.05, 4.69) is 15.0 Å². The first-order valence-corrected chi connectivity index (χ1v) is 7.65. The van der Waals surface area contributed by atoms with Crippen molar-refractivity contribution in [2.75, 3.05) is 0 Å². The summed E-state index contributed by atoms with van der Waals surface area (Å²) in [6.45, 7) is 0. The lowest BCUT2D eigenvalue weighted by Gasteiger charge is -2.05. The number of nitrogens with one attached hydrogen (secondary N) is 1. The minimum Gasteiger partial charge on any atom is -0.339 e. The summed E-state index contributed by atoms with van der Waals surface area (Å²) in [7, 11) is 0. The lowest BCUT2D eigenvalue weighted by molar-refractivity contribution is 1.07. The standard InChI is InChI=1S/C19H12N4O/c24-17-13-8-4-5-9-15(13)21-18-14(17)10-16-19(22-18)23(11-20-16)12-6-2-1-3-7-12/h1-11H,(H,21,22,24). The van der Waals surface area contributed by atoms with Crippen molar-refractivity contribution in [1.82, 2.24) is 19.5 Å². The van der Waals surface area contributed by atoms with E-state index in [1.165, 1.54) is 0 Å². The van der Waals surface area contributed by atoms with Gasteiger partial charge in [0.15, 0.2) is 11.1 Å². The third-order valence-corrected chi connectivity index (χ3v) is 4.23. The molecule has 0 radical (unpaired) electrons. The summed E-state index contributed by atoms with van der Waals surface area (Å²) in [5.74, 6) is 0. The van der Waals surface area contributed by atoms with Crippen molar-refractivity contribution < 1.29 is 0 Å². The van der Waals surface area contributed by atoms with Crippen LogP contribution in [0.1, 0.15) is 0 Å². The third kappa shape index (κ3) is 1.78. The van der Waals surface area contributed by atoms with Crippen LogP contribution in [-0.2, 0) is 0 Å². The van der Waals surface area contributed by atoms with Crippen LogP contribution in [0.25, 0.3) is 38.8 Å². The number of benzene rings is 2. The van der Waals surface area contributed by atoms with E-state index in [4.69, 9.17) is 0 Å². The maximum absolute atomic E-state index is 12.7. The predicted molar refractivity (Wildman–Crippen MR) is 94.5 cm³/mol. The Morgan fingerprint density at radius 3 is 2.58 bits per heavy atom. The first-order chi connectivity index (χ1) is 11.8. The van der Waals surface area contributed by atoms with Gasteiger partial charge in [-0.3, -0.25) is 9.36 Å². The molecule has 0 saturated carbocycles. The zero-order valence-corrected chi connectivity index (χ0v) is 12.6. The Balaban J connectivity index is 1.90. The van der Waals surface area contributed by atoms with Gasteiger partial charge >= 0.3 is 0 Å². The molecule has 5 nitrogen and oxygen atoms in total. The molecule has 0 aliphatic heterocycles. The van der Waals surface area contributed by atoms with Crippen LogP contribution < -0.4 is 5.43 Å². The molecule has 0 amide bonds. The Bertz CT molecular complexity index is 1270. The molecule has 0 fully saturated rings. The Morgan fingerprint density at radius 2 is 1.71 bits per heavy atom. The highest BCUT2D eigenvalue weighted by atomic mass is 16.1. The summed E-state index contributed by atoms with van der Waals surface area (Å²) in [4.78, 5) is 25.1. The Morgan fingerprint density at radius 1 is 0.917 bits per heavy atom. The van der Waals surface area contributed by atoms with Crippen LogP contribution in [0, 0.1) is 0 Å². The van der Waals surface area contributed by atoms with E-state index in [9.17, 15) is 4.79 Å². The van der Waals surface area contributed by atoms with Gasteiger partial charge in [-0.1, -0.05) is 30.3 Å². The molecule has 0 saturated heterocycles. The average molecular weight is 312 g/mol. The van der Waals surface area contributed by atoms with Crippen molar-refractivity contribution in [2.45, 2.75) is 0 Å². The fraction of sp³-hybridized carbons (Fsp3) is 0. The molecule has 114 valence electrons. The minimum absolute atomic E-state index is 0.0250. The largest absolute Gasteiger partial charge is 0.339 e. The van der Waals surface area contributed by atoms with Gasteiger partial charge < -0.3 is 4.98 Å². The first-order valence-electron chi connectivity index (χ1n) is 7.65. The number of hydrogen-bond acceptors (Lipinski definition) is 3. The molecule has 3 heterocycles. The maximum Gasteiger partial charge on any atom is 0.198 e. The van der Waals surface area contributed by atoms with Crippen molar-refractivity contribution in [2.24, 2.45) is 0 Å². The second-order valence-electron chi connectivity index (χ2n) is 5.68.